The number of rotatable bonds is 0. The molecule has 0 aromatic heterocycles. The molecule has 42 valence electrons. The number of hydrogen-bond acceptors (Lipinski definition) is 0. The molecule has 1 saturated carbocycles. The molecule has 0 aromatic rings. The van der Waals surface area contributed by atoms with Gasteiger partial charge in [-0.05, 0) is 0 Å². The van der Waals surface area contributed by atoms with Crippen LogP contribution in [0.15, 0.2) is 0 Å². The summed E-state index contributed by atoms with van der Waals surface area (Å²) >= 11 is 0.716. The third kappa shape index (κ3) is 0.799. The minimum atomic E-state index is 0.716. The fraction of sp³-hybridized carbons (Fsp3) is 1.00. The van der Waals surface area contributed by atoms with Gasteiger partial charge in [-0.1, -0.05) is 0 Å². The summed E-state index contributed by atoms with van der Waals surface area (Å²) in [5.41, 5.74) is 0. The van der Waals surface area contributed by atoms with Crippen molar-refractivity contribution in [3.05, 3.63) is 0 Å². The number of halogens is 1. The number of alkyl halides is 2. The Morgan fingerprint density at radius 2 is 2.29 bits per heavy atom. The molecular formula is C6H10I-. The van der Waals surface area contributed by atoms with Crippen molar-refractivity contribution >= 4 is 0 Å². The van der Waals surface area contributed by atoms with Gasteiger partial charge in [-0.3, -0.25) is 0 Å². The fourth-order valence-electron chi connectivity index (χ4n) is 1.29. The zero-order chi connectivity index (χ0) is 4.69. The van der Waals surface area contributed by atoms with Crippen LogP contribution in [0.3, 0.4) is 0 Å². The Bertz CT molecular complexity index is 70.2. The average Bonchev–Trinajstić information content (AvgIpc) is 2.41. The molecular weight excluding hydrogens is 199 g/mol. The molecule has 1 saturated heterocycles. The monoisotopic (exact) mass is 209 g/mol. The van der Waals surface area contributed by atoms with Crippen LogP contribution in [0.25, 0.3) is 0 Å². The van der Waals surface area contributed by atoms with Crippen molar-refractivity contribution in [2.75, 3.05) is 8.86 Å². The van der Waals surface area contributed by atoms with Gasteiger partial charge < -0.3 is 0 Å². The molecule has 2 unspecified atom stereocenters. The first-order valence-electron chi connectivity index (χ1n) is 3.00. The van der Waals surface area contributed by atoms with E-state index >= 15 is 0 Å². The number of hydrogen-bond donors (Lipinski definition) is 0. The quantitative estimate of drug-likeness (QED) is 0.323. The predicted molar refractivity (Wildman–Crippen MR) is 25.9 cm³/mol. The van der Waals surface area contributed by atoms with E-state index in [1.54, 1.807) is 21.7 Å². The minimum absolute atomic E-state index is 0.716. The zero-order valence-corrected chi connectivity index (χ0v) is 6.52. The van der Waals surface area contributed by atoms with E-state index in [2.05, 4.69) is 0 Å². The Morgan fingerprint density at radius 1 is 1.29 bits per heavy atom. The molecule has 2 fully saturated rings. The van der Waals surface area contributed by atoms with E-state index in [4.69, 9.17) is 0 Å². The normalized spacial score (nSPS) is 49.1. The first-order valence-corrected chi connectivity index (χ1v) is 6.05. The van der Waals surface area contributed by atoms with Crippen LogP contribution in [-0.4, -0.2) is 8.86 Å². The molecule has 1 heteroatoms. The van der Waals surface area contributed by atoms with Crippen molar-refractivity contribution in [3.63, 3.8) is 0 Å². The van der Waals surface area contributed by atoms with E-state index in [-0.39, 0.29) is 0 Å². The molecule has 0 nitrogen and oxygen atoms in total. The Labute approximate surface area is 54.9 Å². The van der Waals surface area contributed by atoms with Crippen LogP contribution < -0.4 is 21.2 Å². The molecule has 2 aliphatic rings. The number of fused-ring (bicyclic) bond motifs is 1. The third-order valence-corrected chi connectivity index (χ3v) is 5.13. The molecule has 1 aliphatic carbocycles. The molecule has 0 spiro atoms. The molecule has 0 N–H and O–H groups in total. The Balaban J connectivity index is 1.95. The Kier molecular flexibility index (Phi) is 1.05. The van der Waals surface area contributed by atoms with Crippen molar-refractivity contribution in [3.8, 4) is 0 Å². The van der Waals surface area contributed by atoms with Gasteiger partial charge >= 0.3 is 54.7 Å². The zero-order valence-electron chi connectivity index (χ0n) is 4.36. The van der Waals surface area contributed by atoms with Crippen molar-refractivity contribution < 1.29 is 21.2 Å². The first kappa shape index (κ1) is 4.59. The SMILES string of the molecule is C1CC2CC2C[I-]1. The molecule has 1 aliphatic heterocycles. The van der Waals surface area contributed by atoms with Gasteiger partial charge in [0, 0.05) is 0 Å². The average molecular weight is 209 g/mol. The van der Waals surface area contributed by atoms with Gasteiger partial charge in [-0.15, -0.1) is 0 Å². The van der Waals surface area contributed by atoms with Gasteiger partial charge in [-0.25, -0.2) is 0 Å². The predicted octanol–water partition coefficient (Wildman–Crippen LogP) is -1.88. The van der Waals surface area contributed by atoms with Crippen molar-refractivity contribution in [2.24, 2.45) is 11.8 Å². The van der Waals surface area contributed by atoms with E-state index in [0.717, 1.165) is 0 Å². The van der Waals surface area contributed by atoms with E-state index in [0.29, 0.717) is 21.2 Å². The van der Waals surface area contributed by atoms with E-state index in [1.807, 2.05) is 0 Å². The molecule has 2 rings (SSSR count). The van der Waals surface area contributed by atoms with Crippen molar-refractivity contribution in [1.29, 1.82) is 0 Å². The van der Waals surface area contributed by atoms with Gasteiger partial charge in [0.15, 0.2) is 0 Å². The van der Waals surface area contributed by atoms with Crippen molar-refractivity contribution in [1.82, 2.24) is 0 Å². The van der Waals surface area contributed by atoms with Crippen LogP contribution in [0.4, 0.5) is 0 Å². The summed E-state index contributed by atoms with van der Waals surface area (Å²) in [4.78, 5) is 0. The second kappa shape index (κ2) is 1.61. The fourth-order valence-corrected chi connectivity index (χ4v) is 4.85. The van der Waals surface area contributed by atoms with Gasteiger partial charge in [0.1, 0.15) is 0 Å². The van der Waals surface area contributed by atoms with Gasteiger partial charge in [0.25, 0.3) is 0 Å². The van der Waals surface area contributed by atoms with E-state index < -0.39 is 0 Å². The summed E-state index contributed by atoms with van der Waals surface area (Å²) in [6, 6.07) is 0. The van der Waals surface area contributed by atoms with Crippen LogP contribution in [0.1, 0.15) is 12.8 Å². The molecule has 0 aromatic carbocycles. The van der Waals surface area contributed by atoms with Gasteiger partial charge in [-0.2, -0.15) is 0 Å². The first-order chi connectivity index (χ1) is 3.47. The maximum atomic E-state index is 1.67. The summed E-state index contributed by atoms with van der Waals surface area (Å²) < 4.78 is 3.31. The summed E-state index contributed by atoms with van der Waals surface area (Å²) in [5.74, 6) is 2.48. The van der Waals surface area contributed by atoms with Gasteiger partial charge in [0.2, 0.25) is 0 Å². The van der Waals surface area contributed by atoms with Crippen molar-refractivity contribution in [2.45, 2.75) is 12.8 Å². The topological polar surface area (TPSA) is 0 Å². The molecule has 0 amide bonds. The van der Waals surface area contributed by atoms with Crippen LogP contribution in [0.2, 0.25) is 0 Å². The molecule has 0 bridgehead atoms. The van der Waals surface area contributed by atoms with E-state index in [9.17, 15) is 0 Å². The van der Waals surface area contributed by atoms with Gasteiger partial charge in [0.05, 0.1) is 0 Å². The van der Waals surface area contributed by atoms with Crippen LogP contribution >= 0.6 is 0 Å². The summed E-state index contributed by atoms with van der Waals surface area (Å²) in [7, 11) is 0. The second-order valence-corrected chi connectivity index (χ2v) is 5.62. The second-order valence-electron chi connectivity index (χ2n) is 2.58. The Hall–Kier alpha value is 0.730. The third-order valence-electron chi connectivity index (χ3n) is 1.99. The summed E-state index contributed by atoms with van der Waals surface area (Å²) in [6.45, 7) is 0. The van der Waals surface area contributed by atoms with Crippen LogP contribution in [-0.2, 0) is 0 Å². The summed E-state index contributed by atoms with van der Waals surface area (Å²) in [6.07, 6.45) is 3.22. The van der Waals surface area contributed by atoms with Crippen LogP contribution in [0, 0.1) is 11.8 Å². The molecule has 1 heterocycles. The molecule has 0 radical (unpaired) electrons. The maximum absolute atomic E-state index is 1.67. The standard InChI is InChI=1S/C6H10I/c1-2-7-4-6-3-5(1)6/h5-6H,1-4H2/q-1. The molecule has 2 atom stereocenters. The Morgan fingerprint density at radius 3 is 2.86 bits per heavy atom. The summed E-state index contributed by atoms with van der Waals surface area (Å²) in [5, 5.41) is 0. The molecule has 7 heavy (non-hydrogen) atoms. The van der Waals surface area contributed by atoms with E-state index in [1.165, 1.54) is 11.8 Å². The van der Waals surface area contributed by atoms with Crippen LogP contribution in [0.5, 0.6) is 0 Å².